The number of anilines is 1. The number of thioether (sulfide) groups is 1. The SMILES string of the molecule is N#CC1=C(SCC(=O)Nc2ccccc2[N+](=O)[O-])NC(=O)C[C@H]1c1ccc(F)cc1. The number of benzene rings is 2. The molecular weight excluding hydrogens is 411 g/mol. The van der Waals surface area contributed by atoms with Crippen LogP contribution in [0.25, 0.3) is 0 Å². The first-order valence-corrected chi connectivity index (χ1v) is 9.73. The zero-order chi connectivity index (χ0) is 21.7. The molecule has 0 bridgehead atoms. The third-order valence-electron chi connectivity index (χ3n) is 4.35. The van der Waals surface area contributed by atoms with Crippen LogP contribution in [0.5, 0.6) is 0 Å². The van der Waals surface area contributed by atoms with Crippen molar-refractivity contribution < 1.29 is 18.9 Å². The second-order valence-corrected chi connectivity index (χ2v) is 7.31. The van der Waals surface area contributed by atoms with Crippen LogP contribution in [0.1, 0.15) is 17.9 Å². The molecule has 0 saturated carbocycles. The summed E-state index contributed by atoms with van der Waals surface area (Å²) in [4.78, 5) is 34.9. The molecule has 2 amide bonds. The van der Waals surface area contributed by atoms with E-state index < -0.39 is 22.6 Å². The molecule has 0 saturated heterocycles. The summed E-state index contributed by atoms with van der Waals surface area (Å²) in [6.45, 7) is 0. The van der Waals surface area contributed by atoms with Gasteiger partial charge in [-0.1, -0.05) is 36.0 Å². The maximum Gasteiger partial charge on any atom is 0.292 e. The number of hydrogen-bond donors (Lipinski definition) is 2. The van der Waals surface area contributed by atoms with Crippen molar-refractivity contribution in [3.05, 3.63) is 80.6 Å². The fraction of sp³-hybridized carbons (Fsp3) is 0.150. The monoisotopic (exact) mass is 426 g/mol. The van der Waals surface area contributed by atoms with Gasteiger partial charge in [0.15, 0.2) is 0 Å². The Hall–Kier alpha value is -3.71. The lowest BCUT2D eigenvalue weighted by atomic mass is 9.87. The number of carbonyl (C=O) groups excluding carboxylic acids is 2. The van der Waals surface area contributed by atoms with Crippen LogP contribution in [-0.4, -0.2) is 22.5 Å². The number of nitrogens with one attached hydrogen (secondary N) is 2. The molecule has 2 N–H and O–H groups in total. The molecule has 0 spiro atoms. The fourth-order valence-corrected chi connectivity index (χ4v) is 3.85. The first-order valence-electron chi connectivity index (χ1n) is 8.74. The number of carbonyl (C=O) groups is 2. The Labute approximate surface area is 174 Å². The van der Waals surface area contributed by atoms with E-state index in [-0.39, 0.29) is 40.1 Å². The molecule has 0 fully saturated rings. The highest BCUT2D eigenvalue weighted by molar-refractivity contribution is 8.03. The molecule has 1 atom stereocenters. The number of nitriles is 1. The van der Waals surface area contributed by atoms with Gasteiger partial charge in [-0.05, 0) is 23.8 Å². The minimum Gasteiger partial charge on any atom is -0.320 e. The van der Waals surface area contributed by atoms with E-state index in [1.54, 1.807) is 6.07 Å². The fourth-order valence-electron chi connectivity index (χ4n) is 2.98. The lowest BCUT2D eigenvalue weighted by molar-refractivity contribution is -0.383. The Bertz CT molecular complexity index is 1080. The van der Waals surface area contributed by atoms with Crippen LogP contribution in [0.2, 0.25) is 0 Å². The molecular formula is C20H15FN4O4S. The maximum absolute atomic E-state index is 13.2. The molecule has 1 aliphatic rings. The first kappa shape index (κ1) is 21.0. The number of nitrogens with zero attached hydrogens (tertiary/aromatic N) is 2. The number of halogens is 1. The van der Waals surface area contributed by atoms with E-state index in [9.17, 15) is 29.4 Å². The predicted molar refractivity (Wildman–Crippen MR) is 109 cm³/mol. The van der Waals surface area contributed by atoms with Gasteiger partial charge in [-0.25, -0.2) is 4.39 Å². The van der Waals surface area contributed by atoms with Gasteiger partial charge in [0, 0.05) is 18.4 Å². The minimum absolute atomic E-state index is 0.0288. The van der Waals surface area contributed by atoms with E-state index in [1.165, 1.54) is 42.5 Å². The van der Waals surface area contributed by atoms with Gasteiger partial charge < -0.3 is 10.6 Å². The van der Waals surface area contributed by atoms with Crippen molar-refractivity contribution >= 4 is 35.0 Å². The van der Waals surface area contributed by atoms with Crippen molar-refractivity contribution in [3.8, 4) is 6.07 Å². The van der Waals surface area contributed by atoms with E-state index in [0.29, 0.717) is 5.56 Å². The van der Waals surface area contributed by atoms with Crippen LogP contribution in [-0.2, 0) is 9.59 Å². The van der Waals surface area contributed by atoms with Crippen molar-refractivity contribution in [3.63, 3.8) is 0 Å². The van der Waals surface area contributed by atoms with Crippen LogP contribution >= 0.6 is 11.8 Å². The quantitative estimate of drug-likeness (QED) is 0.538. The smallest absolute Gasteiger partial charge is 0.292 e. The van der Waals surface area contributed by atoms with Crippen molar-refractivity contribution in [2.45, 2.75) is 12.3 Å². The number of para-hydroxylation sites is 2. The zero-order valence-electron chi connectivity index (χ0n) is 15.4. The highest BCUT2D eigenvalue weighted by Gasteiger charge is 2.30. The Morgan fingerprint density at radius 3 is 2.67 bits per heavy atom. The van der Waals surface area contributed by atoms with Crippen molar-refractivity contribution in [1.82, 2.24) is 5.32 Å². The highest BCUT2D eigenvalue weighted by atomic mass is 32.2. The summed E-state index contributed by atoms with van der Waals surface area (Å²) in [7, 11) is 0. The van der Waals surface area contributed by atoms with Gasteiger partial charge in [-0.15, -0.1) is 0 Å². The summed E-state index contributed by atoms with van der Waals surface area (Å²) in [5.41, 5.74) is 0.699. The highest BCUT2D eigenvalue weighted by Crippen LogP contribution is 2.36. The van der Waals surface area contributed by atoms with Crippen LogP contribution in [0.4, 0.5) is 15.8 Å². The van der Waals surface area contributed by atoms with E-state index in [4.69, 9.17) is 0 Å². The molecule has 1 heterocycles. The average Bonchev–Trinajstić information content (AvgIpc) is 2.72. The number of nitro benzene ring substituents is 1. The summed E-state index contributed by atoms with van der Waals surface area (Å²) >= 11 is 0.946. The zero-order valence-corrected chi connectivity index (χ0v) is 16.2. The number of amides is 2. The Morgan fingerprint density at radius 2 is 2.00 bits per heavy atom. The first-order chi connectivity index (χ1) is 14.4. The van der Waals surface area contributed by atoms with Gasteiger partial charge in [0.05, 0.1) is 27.3 Å². The molecule has 2 aromatic carbocycles. The van der Waals surface area contributed by atoms with Crippen molar-refractivity contribution in [2.75, 3.05) is 11.1 Å². The molecule has 2 aromatic rings. The second kappa shape index (κ2) is 9.19. The minimum atomic E-state index is -0.603. The van der Waals surface area contributed by atoms with Gasteiger partial charge in [-0.3, -0.25) is 19.7 Å². The molecule has 0 unspecified atom stereocenters. The summed E-state index contributed by atoms with van der Waals surface area (Å²) in [6, 6.07) is 13.3. The van der Waals surface area contributed by atoms with Crippen LogP contribution in [0.15, 0.2) is 59.1 Å². The van der Waals surface area contributed by atoms with Crippen molar-refractivity contribution in [2.24, 2.45) is 0 Å². The summed E-state index contributed by atoms with van der Waals surface area (Å²) in [6.07, 6.45) is 0.0288. The van der Waals surface area contributed by atoms with Crippen LogP contribution in [0.3, 0.4) is 0 Å². The molecule has 10 heteroatoms. The third-order valence-corrected chi connectivity index (χ3v) is 5.37. The molecule has 0 aliphatic carbocycles. The lowest BCUT2D eigenvalue weighted by Crippen LogP contribution is -2.31. The molecule has 1 aliphatic heterocycles. The normalized spacial score (nSPS) is 15.9. The molecule has 8 nitrogen and oxygen atoms in total. The lowest BCUT2D eigenvalue weighted by Gasteiger charge is -2.25. The van der Waals surface area contributed by atoms with Crippen LogP contribution < -0.4 is 10.6 Å². The second-order valence-electron chi connectivity index (χ2n) is 6.32. The average molecular weight is 426 g/mol. The molecule has 152 valence electrons. The van der Waals surface area contributed by atoms with E-state index in [2.05, 4.69) is 16.7 Å². The molecule has 0 radical (unpaired) electrons. The molecule has 3 rings (SSSR count). The van der Waals surface area contributed by atoms with E-state index in [1.807, 2.05) is 0 Å². The Kier molecular flexibility index (Phi) is 6.44. The summed E-state index contributed by atoms with van der Waals surface area (Å²) < 4.78 is 13.2. The molecule has 30 heavy (non-hydrogen) atoms. The van der Waals surface area contributed by atoms with E-state index >= 15 is 0 Å². The largest absolute Gasteiger partial charge is 0.320 e. The standard InChI is InChI=1S/C20H15FN4O4S/c21-13-7-5-12(6-8-13)14-9-18(26)24-20(15(14)10-22)30-11-19(27)23-16-3-1-2-4-17(16)25(28)29/h1-8,14H,9,11H2,(H,23,27)(H,24,26)/t14-/m0/s1. The third kappa shape index (κ3) is 4.82. The summed E-state index contributed by atoms with van der Waals surface area (Å²) in [5.74, 6) is -2.02. The predicted octanol–water partition coefficient (Wildman–Crippen LogP) is 3.44. The number of allylic oxidation sites excluding steroid dienone is 1. The number of rotatable bonds is 6. The summed E-state index contributed by atoms with van der Waals surface area (Å²) in [5, 5.41) is 26.0. The van der Waals surface area contributed by atoms with E-state index in [0.717, 1.165) is 11.8 Å². The van der Waals surface area contributed by atoms with Crippen LogP contribution in [0, 0.1) is 27.3 Å². The van der Waals surface area contributed by atoms with Gasteiger partial charge in [0.25, 0.3) is 5.69 Å². The van der Waals surface area contributed by atoms with Gasteiger partial charge in [0.2, 0.25) is 11.8 Å². The topological polar surface area (TPSA) is 125 Å². The molecule has 0 aromatic heterocycles. The van der Waals surface area contributed by atoms with Gasteiger partial charge in [-0.2, -0.15) is 5.26 Å². The van der Waals surface area contributed by atoms with Crippen molar-refractivity contribution in [1.29, 1.82) is 5.26 Å². The van der Waals surface area contributed by atoms with Gasteiger partial charge >= 0.3 is 0 Å². The Balaban J connectivity index is 1.76. The van der Waals surface area contributed by atoms with Gasteiger partial charge in [0.1, 0.15) is 11.5 Å². The Morgan fingerprint density at radius 1 is 1.30 bits per heavy atom. The maximum atomic E-state index is 13.2. The number of hydrogen-bond acceptors (Lipinski definition) is 6. The number of nitro groups is 1.